The van der Waals surface area contributed by atoms with Gasteiger partial charge in [0.25, 0.3) is 0 Å². The fourth-order valence-electron chi connectivity index (χ4n) is 1.10. The van der Waals surface area contributed by atoms with E-state index in [-0.39, 0.29) is 16.8 Å². The van der Waals surface area contributed by atoms with Crippen LogP contribution in [0.15, 0.2) is 24.3 Å². The molecule has 1 aromatic carbocycles. The minimum atomic E-state index is -0.627. The highest BCUT2D eigenvalue weighted by Gasteiger charge is 2.06. The first kappa shape index (κ1) is 14.4. The van der Waals surface area contributed by atoms with Gasteiger partial charge >= 0.3 is 6.09 Å². The van der Waals surface area contributed by atoms with Crippen LogP contribution in [0.5, 0.6) is 0 Å². The van der Waals surface area contributed by atoms with E-state index in [0.717, 1.165) is 0 Å². The molecule has 0 unspecified atom stereocenters. The van der Waals surface area contributed by atoms with E-state index in [1.54, 1.807) is 6.07 Å². The van der Waals surface area contributed by atoms with Gasteiger partial charge < -0.3 is 10.1 Å². The Labute approximate surface area is 111 Å². The number of benzene rings is 1. The SMILES string of the molecule is CC(C)COC(=O)NC(=S)Nc1cccc(F)c1. The zero-order valence-electron chi connectivity index (χ0n) is 10.2. The molecule has 0 bridgehead atoms. The largest absolute Gasteiger partial charge is 0.449 e. The maximum absolute atomic E-state index is 12.9. The van der Waals surface area contributed by atoms with Gasteiger partial charge in [0.05, 0.1) is 6.61 Å². The minimum absolute atomic E-state index is 0.0642. The second-order valence-corrected chi connectivity index (χ2v) is 4.49. The van der Waals surface area contributed by atoms with Crippen LogP contribution >= 0.6 is 12.2 Å². The number of anilines is 1. The summed E-state index contributed by atoms with van der Waals surface area (Å²) in [4.78, 5) is 11.3. The first-order chi connectivity index (χ1) is 8.47. The van der Waals surface area contributed by atoms with Gasteiger partial charge in [0, 0.05) is 5.69 Å². The first-order valence-electron chi connectivity index (χ1n) is 5.47. The van der Waals surface area contributed by atoms with Crippen molar-refractivity contribution in [1.29, 1.82) is 0 Å². The lowest BCUT2D eigenvalue weighted by Gasteiger charge is -2.11. The van der Waals surface area contributed by atoms with Gasteiger partial charge in [0.15, 0.2) is 5.11 Å². The van der Waals surface area contributed by atoms with Crippen molar-refractivity contribution in [3.8, 4) is 0 Å². The monoisotopic (exact) mass is 270 g/mol. The zero-order valence-corrected chi connectivity index (χ0v) is 11.0. The molecule has 1 rings (SSSR count). The fraction of sp³-hybridized carbons (Fsp3) is 0.333. The normalized spacial score (nSPS) is 10.0. The van der Waals surface area contributed by atoms with Gasteiger partial charge in [0.1, 0.15) is 5.82 Å². The van der Waals surface area contributed by atoms with Crippen LogP contribution in [0.4, 0.5) is 14.9 Å². The topological polar surface area (TPSA) is 50.4 Å². The summed E-state index contributed by atoms with van der Waals surface area (Å²) in [5.74, 6) is -0.134. The van der Waals surface area contributed by atoms with Crippen molar-refractivity contribution in [3.63, 3.8) is 0 Å². The Bertz CT molecular complexity index is 438. The third-order valence-electron chi connectivity index (χ3n) is 1.85. The maximum Gasteiger partial charge on any atom is 0.413 e. The molecule has 0 atom stereocenters. The summed E-state index contributed by atoms with van der Waals surface area (Å²) in [6, 6.07) is 5.76. The molecule has 1 amide bonds. The standard InChI is InChI=1S/C12H15FN2O2S/c1-8(2)7-17-12(16)15-11(18)14-10-5-3-4-9(13)6-10/h3-6,8H,7H2,1-2H3,(H2,14,15,16,18). The summed E-state index contributed by atoms with van der Waals surface area (Å²) in [6.07, 6.45) is -0.627. The number of halogens is 1. The van der Waals surface area contributed by atoms with Gasteiger partial charge in [-0.2, -0.15) is 0 Å². The zero-order chi connectivity index (χ0) is 13.5. The molecule has 1 aromatic rings. The lowest BCUT2D eigenvalue weighted by Crippen LogP contribution is -2.35. The molecular weight excluding hydrogens is 255 g/mol. The Hall–Kier alpha value is -1.69. The van der Waals surface area contributed by atoms with E-state index in [1.165, 1.54) is 18.2 Å². The van der Waals surface area contributed by atoms with Crippen molar-refractivity contribution >= 4 is 29.1 Å². The Morgan fingerprint density at radius 2 is 2.22 bits per heavy atom. The second-order valence-electron chi connectivity index (χ2n) is 4.08. The molecule has 6 heteroatoms. The number of hydrogen-bond donors (Lipinski definition) is 2. The molecule has 0 fully saturated rings. The van der Waals surface area contributed by atoms with Crippen LogP contribution in [0.25, 0.3) is 0 Å². The molecule has 0 aromatic heterocycles. The molecule has 18 heavy (non-hydrogen) atoms. The average Bonchev–Trinajstić information content (AvgIpc) is 2.26. The summed E-state index contributed by atoms with van der Waals surface area (Å²) in [5, 5.41) is 5.08. The second kappa shape index (κ2) is 6.90. The number of ether oxygens (including phenoxy) is 1. The predicted octanol–water partition coefficient (Wildman–Crippen LogP) is 2.90. The number of carbonyl (C=O) groups is 1. The molecule has 2 N–H and O–H groups in total. The van der Waals surface area contributed by atoms with Gasteiger partial charge in [-0.25, -0.2) is 9.18 Å². The van der Waals surface area contributed by atoms with Gasteiger partial charge in [-0.15, -0.1) is 0 Å². The van der Waals surface area contributed by atoms with E-state index in [9.17, 15) is 9.18 Å². The van der Waals surface area contributed by atoms with Gasteiger partial charge in [-0.1, -0.05) is 19.9 Å². The molecule has 0 radical (unpaired) electrons. The van der Waals surface area contributed by atoms with Crippen molar-refractivity contribution in [1.82, 2.24) is 5.32 Å². The smallest absolute Gasteiger partial charge is 0.413 e. The maximum atomic E-state index is 12.9. The molecule has 0 aliphatic heterocycles. The summed E-state index contributed by atoms with van der Waals surface area (Å²) in [5.41, 5.74) is 0.462. The third-order valence-corrected chi connectivity index (χ3v) is 2.05. The Kier molecular flexibility index (Phi) is 5.51. The number of hydrogen-bond acceptors (Lipinski definition) is 3. The van der Waals surface area contributed by atoms with Crippen LogP contribution in [0.2, 0.25) is 0 Å². The van der Waals surface area contributed by atoms with E-state index in [1.807, 2.05) is 13.8 Å². The van der Waals surface area contributed by atoms with Crippen LogP contribution in [0.3, 0.4) is 0 Å². The summed E-state index contributed by atoms with van der Waals surface area (Å²) < 4.78 is 17.8. The number of thiocarbonyl (C=S) groups is 1. The molecular formula is C12H15FN2O2S. The van der Waals surface area contributed by atoms with E-state index >= 15 is 0 Å². The minimum Gasteiger partial charge on any atom is -0.449 e. The number of carbonyl (C=O) groups excluding carboxylic acids is 1. The Morgan fingerprint density at radius 3 is 2.83 bits per heavy atom. The molecule has 0 aliphatic rings. The molecule has 4 nitrogen and oxygen atoms in total. The average molecular weight is 270 g/mol. The molecule has 0 aliphatic carbocycles. The highest BCUT2D eigenvalue weighted by Crippen LogP contribution is 2.08. The highest BCUT2D eigenvalue weighted by molar-refractivity contribution is 7.80. The fourth-order valence-corrected chi connectivity index (χ4v) is 1.30. The quantitative estimate of drug-likeness (QED) is 0.829. The third kappa shape index (κ3) is 5.58. The number of amides is 1. The number of rotatable bonds is 3. The first-order valence-corrected chi connectivity index (χ1v) is 5.88. The molecule has 98 valence electrons. The number of nitrogens with one attached hydrogen (secondary N) is 2. The van der Waals surface area contributed by atoms with Crippen LogP contribution in [0, 0.1) is 11.7 Å². The van der Waals surface area contributed by atoms with Gasteiger partial charge in [0.2, 0.25) is 0 Å². The van der Waals surface area contributed by atoms with Crippen LogP contribution in [0.1, 0.15) is 13.8 Å². The molecule has 0 heterocycles. The van der Waals surface area contributed by atoms with Crippen LogP contribution < -0.4 is 10.6 Å². The Morgan fingerprint density at radius 1 is 1.50 bits per heavy atom. The lowest BCUT2D eigenvalue weighted by molar-refractivity contribution is 0.138. The van der Waals surface area contributed by atoms with Crippen molar-refractivity contribution in [2.75, 3.05) is 11.9 Å². The number of alkyl carbamates (subject to hydrolysis) is 1. The van der Waals surface area contributed by atoms with Crippen molar-refractivity contribution in [2.45, 2.75) is 13.8 Å². The van der Waals surface area contributed by atoms with Gasteiger partial charge in [-0.3, -0.25) is 5.32 Å². The van der Waals surface area contributed by atoms with Crippen LogP contribution in [-0.2, 0) is 4.74 Å². The Balaban J connectivity index is 2.40. The van der Waals surface area contributed by atoms with Crippen molar-refractivity contribution in [3.05, 3.63) is 30.1 Å². The summed E-state index contributed by atoms with van der Waals surface area (Å²) in [6.45, 7) is 4.17. The van der Waals surface area contributed by atoms with E-state index < -0.39 is 6.09 Å². The van der Waals surface area contributed by atoms with Crippen molar-refractivity contribution < 1.29 is 13.9 Å². The summed E-state index contributed by atoms with van der Waals surface area (Å²) in [7, 11) is 0. The van der Waals surface area contributed by atoms with E-state index in [2.05, 4.69) is 10.6 Å². The molecule has 0 saturated heterocycles. The lowest BCUT2D eigenvalue weighted by atomic mass is 10.2. The molecule has 0 spiro atoms. The van der Waals surface area contributed by atoms with E-state index in [4.69, 9.17) is 17.0 Å². The van der Waals surface area contributed by atoms with Crippen LogP contribution in [-0.4, -0.2) is 17.8 Å². The van der Waals surface area contributed by atoms with Gasteiger partial charge in [-0.05, 0) is 36.3 Å². The summed E-state index contributed by atoms with van der Waals surface area (Å²) >= 11 is 4.89. The predicted molar refractivity (Wildman–Crippen MR) is 71.9 cm³/mol. The van der Waals surface area contributed by atoms with Crippen molar-refractivity contribution in [2.24, 2.45) is 5.92 Å². The van der Waals surface area contributed by atoms with E-state index in [0.29, 0.717) is 12.3 Å². The molecule has 0 saturated carbocycles. The highest BCUT2D eigenvalue weighted by atomic mass is 32.1.